The van der Waals surface area contributed by atoms with E-state index in [1.807, 2.05) is 13.0 Å². The van der Waals surface area contributed by atoms with Gasteiger partial charge < -0.3 is 9.15 Å². The zero-order chi connectivity index (χ0) is 19.1. The number of furan rings is 1. The van der Waals surface area contributed by atoms with Gasteiger partial charge in [0.25, 0.3) is 0 Å². The van der Waals surface area contributed by atoms with Crippen LogP contribution in [0.25, 0.3) is 0 Å². The van der Waals surface area contributed by atoms with Gasteiger partial charge in [-0.3, -0.25) is 9.59 Å². The quantitative estimate of drug-likeness (QED) is 0.345. The number of carbonyl (C=O) groups excluding carboxylic acids is 3. The summed E-state index contributed by atoms with van der Waals surface area (Å²) in [5.41, 5.74) is 1.26. The van der Waals surface area contributed by atoms with E-state index in [9.17, 15) is 14.4 Å². The van der Waals surface area contributed by atoms with Crippen molar-refractivity contribution in [1.82, 2.24) is 0 Å². The van der Waals surface area contributed by atoms with Crippen LogP contribution in [0.5, 0.6) is 5.75 Å². The summed E-state index contributed by atoms with van der Waals surface area (Å²) in [7, 11) is 0. The van der Waals surface area contributed by atoms with Crippen molar-refractivity contribution in [2.45, 2.75) is 19.8 Å². The Bertz CT molecular complexity index is 963. The second-order valence-corrected chi connectivity index (χ2v) is 7.13. The van der Waals surface area contributed by atoms with Crippen molar-refractivity contribution in [2.75, 3.05) is 4.90 Å². The summed E-state index contributed by atoms with van der Waals surface area (Å²) in [6.45, 7) is 1.95. The molecule has 2 atom stereocenters. The number of anilines is 1. The van der Waals surface area contributed by atoms with Gasteiger partial charge in [0.05, 0.1) is 23.8 Å². The summed E-state index contributed by atoms with van der Waals surface area (Å²) >= 11 is 6.08. The third-order valence-corrected chi connectivity index (χ3v) is 5.15. The molecule has 7 heteroatoms. The molecule has 4 rings (SSSR count). The van der Waals surface area contributed by atoms with Crippen molar-refractivity contribution in [3.8, 4) is 5.75 Å². The van der Waals surface area contributed by atoms with Crippen molar-refractivity contribution in [2.24, 2.45) is 11.8 Å². The molecule has 1 aliphatic carbocycles. The largest absolute Gasteiger partial charge is 0.457 e. The summed E-state index contributed by atoms with van der Waals surface area (Å²) in [6, 6.07) is 7.48. The number of hydrogen-bond donors (Lipinski definition) is 0. The number of rotatable bonds is 3. The number of carbonyl (C=O) groups is 3. The van der Waals surface area contributed by atoms with Gasteiger partial charge in [0.1, 0.15) is 0 Å². The lowest BCUT2D eigenvalue weighted by atomic mass is 9.82. The van der Waals surface area contributed by atoms with E-state index in [4.69, 9.17) is 20.8 Å². The Morgan fingerprint density at radius 3 is 2.74 bits per heavy atom. The molecule has 27 heavy (non-hydrogen) atoms. The molecule has 0 bridgehead atoms. The highest BCUT2D eigenvalue weighted by Gasteiger charge is 2.49. The lowest BCUT2D eigenvalue weighted by Gasteiger charge is -2.19. The van der Waals surface area contributed by atoms with Crippen LogP contribution in [0.15, 0.2) is 52.7 Å². The standard InChI is InChI=1S/C20H16ClNO5/c1-11-4-6-13-14(9-11)19(24)22(18(13)23)15-10-12(21)5-7-16(15)27-20(25)17-3-2-8-26-17/h2-5,7-8,10,13-14H,6,9H2,1H3. The molecular formula is C20H16ClNO5. The minimum Gasteiger partial charge on any atom is -0.457 e. The number of ether oxygens (including phenoxy) is 1. The van der Waals surface area contributed by atoms with E-state index in [-0.39, 0.29) is 29.0 Å². The Morgan fingerprint density at radius 2 is 2.00 bits per heavy atom. The molecule has 6 nitrogen and oxygen atoms in total. The Balaban J connectivity index is 1.69. The van der Waals surface area contributed by atoms with E-state index in [2.05, 4.69) is 0 Å². The minimum atomic E-state index is -0.724. The molecule has 1 aromatic heterocycles. The monoisotopic (exact) mass is 385 g/mol. The molecule has 1 saturated heterocycles. The molecule has 0 radical (unpaired) electrons. The number of benzene rings is 1. The van der Waals surface area contributed by atoms with E-state index < -0.39 is 17.8 Å². The van der Waals surface area contributed by atoms with Crippen molar-refractivity contribution in [3.05, 3.63) is 59.0 Å². The van der Waals surface area contributed by atoms with Gasteiger partial charge in [-0.1, -0.05) is 23.3 Å². The molecule has 2 aliphatic rings. The first-order valence-corrected chi connectivity index (χ1v) is 8.92. The zero-order valence-electron chi connectivity index (χ0n) is 14.5. The van der Waals surface area contributed by atoms with E-state index in [0.29, 0.717) is 17.9 Å². The highest BCUT2D eigenvalue weighted by molar-refractivity contribution is 6.31. The van der Waals surface area contributed by atoms with Crippen LogP contribution in [-0.2, 0) is 9.59 Å². The van der Waals surface area contributed by atoms with Crippen LogP contribution in [0.4, 0.5) is 5.69 Å². The number of nitrogens with zero attached hydrogens (tertiary/aromatic N) is 1. The number of allylic oxidation sites excluding steroid dienone is 2. The van der Waals surface area contributed by atoms with E-state index in [1.165, 1.54) is 30.5 Å². The maximum Gasteiger partial charge on any atom is 0.379 e. The van der Waals surface area contributed by atoms with Crippen LogP contribution in [0.3, 0.4) is 0 Å². The van der Waals surface area contributed by atoms with Gasteiger partial charge in [-0.15, -0.1) is 0 Å². The Labute approximate surface area is 160 Å². The van der Waals surface area contributed by atoms with E-state index >= 15 is 0 Å². The zero-order valence-corrected chi connectivity index (χ0v) is 15.2. The Kier molecular flexibility index (Phi) is 4.36. The first kappa shape index (κ1) is 17.5. The molecular weight excluding hydrogens is 370 g/mol. The average Bonchev–Trinajstić information content (AvgIpc) is 3.25. The van der Waals surface area contributed by atoms with Crippen LogP contribution in [0.1, 0.15) is 30.3 Å². The lowest BCUT2D eigenvalue weighted by Crippen LogP contribution is -2.31. The second-order valence-electron chi connectivity index (χ2n) is 6.69. The molecule has 2 unspecified atom stereocenters. The molecule has 1 aromatic carbocycles. The highest BCUT2D eigenvalue weighted by Crippen LogP contribution is 2.43. The average molecular weight is 386 g/mol. The van der Waals surface area contributed by atoms with Crippen LogP contribution >= 0.6 is 11.6 Å². The maximum atomic E-state index is 12.9. The van der Waals surface area contributed by atoms with Crippen LogP contribution in [0, 0.1) is 11.8 Å². The third-order valence-electron chi connectivity index (χ3n) is 4.91. The molecule has 138 valence electrons. The molecule has 0 saturated carbocycles. The van der Waals surface area contributed by atoms with Crippen molar-refractivity contribution < 1.29 is 23.5 Å². The number of imide groups is 1. The third kappa shape index (κ3) is 3.06. The van der Waals surface area contributed by atoms with Crippen LogP contribution in [0.2, 0.25) is 5.02 Å². The lowest BCUT2D eigenvalue weighted by molar-refractivity contribution is -0.122. The molecule has 2 aromatic rings. The van der Waals surface area contributed by atoms with Crippen LogP contribution < -0.4 is 9.64 Å². The predicted molar refractivity (Wildman–Crippen MR) is 97.6 cm³/mol. The van der Waals surface area contributed by atoms with E-state index in [1.54, 1.807) is 6.07 Å². The van der Waals surface area contributed by atoms with Gasteiger partial charge >= 0.3 is 5.97 Å². The van der Waals surface area contributed by atoms with Crippen molar-refractivity contribution in [1.29, 1.82) is 0 Å². The van der Waals surface area contributed by atoms with Crippen molar-refractivity contribution in [3.63, 3.8) is 0 Å². The fourth-order valence-corrected chi connectivity index (χ4v) is 3.74. The summed E-state index contributed by atoms with van der Waals surface area (Å²) in [5.74, 6) is -2.02. The number of fused-ring (bicyclic) bond motifs is 1. The van der Waals surface area contributed by atoms with Gasteiger partial charge in [0.2, 0.25) is 17.6 Å². The smallest absolute Gasteiger partial charge is 0.379 e. The summed E-state index contributed by atoms with van der Waals surface area (Å²) in [5, 5.41) is 0.326. The topological polar surface area (TPSA) is 76.8 Å². The number of esters is 1. The first-order chi connectivity index (χ1) is 13.0. The van der Waals surface area contributed by atoms with Gasteiger partial charge in [0, 0.05) is 5.02 Å². The summed E-state index contributed by atoms with van der Waals surface area (Å²) in [6.07, 6.45) is 4.42. The molecule has 1 aliphatic heterocycles. The summed E-state index contributed by atoms with van der Waals surface area (Å²) < 4.78 is 10.4. The molecule has 0 N–H and O–H groups in total. The fraction of sp³-hybridized carbons (Fsp3) is 0.250. The molecule has 2 heterocycles. The highest BCUT2D eigenvalue weighted by atomic mass is 35.5. The Hall–Kier alpha value is -2.86. The fourth-order valence-electron chi connectivity index (χ4n) is 3.57. The second kappa shape index (κ2) is 6.70. The number of amides is 2. The molecule has 1 fully saturated rings. The summed E-state index contributed by atoms with van der Waals surface area (Å²) in [4.78, 5) is 39.2. The first-order valence-electron chi connectivity index (χ1n) is 8.54. The van der Waals surface area contributed by atoms with Gasteiger partial charge in [0.15, 0.2) is 5.75 Å². The van der Waals surface area contributed by atoms with E-state index in [0.717, 1.165) is 10.5 Å². The SMILES string of the molecule is CC1=CCC2C(=O)N(c3cc(Cl)ccc3OC(=O)c3ccco3)C(=O)C2C1. The number of halogens is 1. The predicted octanol–water partition coefficient (Wildman–Crippen LogP) is 4.00. The maximum absolute atomic E-state index is 12.9. The van der Waals surface area contributed by atoms with Gasteiger partial charge in [-0.2, -0.15) is 0 Å². The normalized spacial score (nSPS) is 21.9. The Morgan fingerprint density at radius 1 is 1.22 bits per heavy atom. The number of hydrogen-bond acceptors (Lipinski definition) is 5. The van der Waals surface area contributed by atoms with Crippen LogP contribution in [-0.4, -0.2) is 17.8 Å². The molecule has 2 amide bonds. The van der Waals surface area contributed by atoms with Gasteiger partial charge in [-0.25, -0.2) is 9.69 Å². The van der Waals surface area contributed by atoms with Crippen molar-refractivity contribution >= 4 is 35.1 Å². The van der Waals surface area contributed by atoms with Gasteiger partial charge in [-0.05, 0) is 50.1 Å². The minimum absolute atomic E-state index is 0.0171. The molecule has 0 spiro atoms.